The fourth-order valence-electron chi connectivity index (χ4n) is 4.85. The summed E-state index contributed by atoms with van der Waals surface area (Å²) >= 11 is 0. The number of carbonyl (C=O) groups excluding carboxylic acids is 3. The Bertz CT molecular complexity index is 953. The summed E-state index contributed by atoms with van der Waals surface area (Å²) in [5.41, 5.74) is 2.26. The Labute approximate surface area is 192 Å². The molecule has 0 aromatic rings. The van der Waals surface area contributed by atoms with Crippen LogP contribution in [0.5, 0.6) is 0 Å². The molecule has 2 fully saturated rings. The number of aliphatic hydroxyl groups is 2. The molecule has 0 aromatic heterocycles. The van der Waals surface area contributed by atoms with Gasteiger partial charge in [-0.25, -0.2) is 14.4 Å². The normalized spacial score (nSPS) is 29.6. The van der Waals surface area contributed by atoms with Gasteiger partial charge in [-0.3, -0.25) is 0 Å². The summed E-state index contributed by atoms with van der Waals surface area (Å²) in [5.74, 6) is -2.55. The standard InChI is InChI=1S/C25H30O8/c1-5-16(11-27)24(29)31-12-17(8-9-26)25(30)32-19-10-14(3)18-7-6-13(2)20(18)22-21(19)15(4)23(28)33-22/h5-6,8,18-22,26-27H,3-4,7,9-12H2,1-2H3. The summed E-state index contributed by atoms with van der Waals surface area (Å²) in [6, 6.07) is 0. The average Bonchev–Trinajstić information content (AvgIpc) is 3.26. The van der Waals surface area contributed by atoms with Crippen molar-refractivity contribution >= 4 is 17.9 Å². The van der Waals surface area contributed by atoms with E-state index in [9.17, 15) is 24.6 Å². The Morgan fingerprint density at radius 3 is 2.58 bits per heavy atom. The fraction of sp³-hybridized carbons (Fsp3) is 0.480. The van der Waals surface area contributed by atoms with E-state index >= 15 is 0 Å². The minimum absolute atomic E-state index is 0.0412. The fourth-order valence-corrected chi connectivity index (χ4v) is 4.85. The van der Waals surface area contributed by atoms with Gasteiger partial charge in [-0.15, -0.1) is 0 Å². The number of allylic oxidation sites excluding steroid dienone is 2. The van der Waals surface area contributed by atoms with E-state index in [1.54, 1.807) is 6.92 Å². The minimum Gasteiger partial charge on any atom is -0.458 e. The van der Waals surface area contributed by atoms with Crippen molar-refractivity contribution in [2.45, 2.75) is 38.9 Å². The number of esters is 3. The van der Waals surface area contributed by atoms with E-state index < -0.39 is 55.9 Å². The second-order valence-electron chi connectivity index (χ2n) is 8.50. The molecular weight excluding hydrogens is 428 g/mol. The molecule has 178 valence electrons. The average molecular weight is 459 g/mol. The smallest absolute Gasteiger partial charge is 0.337 e. The number of hydrogen-bond acceptors (Lipinski definition) is 8. The molecule has 1 saturated heterocycles. The zero-order chi connectivity index (χ0) is 24.3. The molecule has 3 rings (SSSR count). The zero-order valence-electron chi connectivity index (χ0n) is 18.9. The van der Waals surface area contributed by atoms with E-state index in [2.05, 4.69) is 19.2 Å². The van der Waals surface area contributed by atoms with Gasteiger partial charge >= 0.3 is 17.9 Å². The number of ether oxygens (including phenoxy) is 3. The molecule has 0 aromatic carbocycles. The van der Waals surface area contributed by atoms with Gasteiger partial charge in [-0.1, -0.05) is 36.5 Å². The minimum atomic E-state index is -0.786. The summed E-state index contributed by atoms with van der Waals surface area (Å²) in [6.45, 7) is 10.3. The number of rotatable bonds is 7. The lowest BCUT2D eigenvalue weighted by molar-refractivity contribution is -0.149. The van der Waals surface area contributed by atoms with Crippen LogP contribution < -0.4 is 0 Å². The third-order valence-electron chi connectivity index (χ3n) is 6.65. The molecule has 3 aliphatic rings. The Morgan fingerprint density at radius 1 is 1.21 bits per heavy atom. The highest BCUT2D eigenvalue weighted by Gasteiger charge is 2.54. The molecule has 1 heterocycles. The quantitative estimate of drug-likeness (QED) is 0.257. The Morgan fingerprint density at radius 2 is 1.94 bits per heavy atom. The van der Waals surface area contributed by atoms with Crippen LogP contribution in [-0.2, 0) is 28.6 Å². The van der Waals surface area contributed by atoms with Gasteiger partial charge in [0.05, 0.1) is 30.3 Å². The SMILES string of the molecule is C=C1CC(OC(=O)C(=CCO)COC(=O)C(=CC)CO)C2C(=C)C(=O)OC2C2C(C)=CCC12. The topological polar surface area (TPSA) is 119 Å². The number of carbonyl (C=O) groups is 3. The van der Waals surface area contributed by atoms with Crippen molar-refractivity contribution in [2.75, 3.05) is 19.8 Å². The molecule has 0 spiro atoms. The molecule has 0 amide bonds. The van der Waals surface area contributed by atoms with E-state index in [1.165, 1.54) is 12.2 Å². The third-order valence-corrected chi connectivity index (χ3v) is 6.65. The molecule has 0 bridgehead atoms. The first-order valence-corrected chi connectivity index (χ1v) is 10.9. The number of hydrogen-bond donors (Lipinski definition) is 2. The van der Waals surface area contributed by atoms with Gasteiger partial charge < -0.3 is 24.4 Å². The lowest BCUT2D eigenvalue weighted by Gasteiger charge is -2.28. The monoisotopic (exact) mass is 458 g/mol. The van der Waals surface area contributed by atoms with Gasteiger partial charge in [0.1, 0.15) is 18.8 Å². The zero-order valence-corrected chi connectivity index (χ0v) is 18.9. The second kappa shape index (κ2) is 10.3. The molecule has 5 atom stereocenters. The van der Waals surface area contributed by atoms with Crippen LogP contribution in [0.4, 0.5) is 0 Å². The van der Waals surface area contributed by atoms with Crippen LogP contribution in [0, 0.1) is 17.8 Å². The van der Waals surface area contributed by atoms with Crippen molar-refractivity contribution in [3.8, 4) is 0 Å². The molecule has 1 saturated carbocycles. The first-order valence-electron chi connectivity index (χ1n) is 10.9. The Kier molecular flexibility index (Phi) is 7.71. The van der Waals surface area contributed by atoms with Crippen molar-refractivity contribution in [1.82, 2.24) is 0 Å². The second-order valence-corrected chi connectivity index (χ2v) is 8.50. The van der Waals surface area contributed by atoms with E-state index in [0.717, 1.165) is 17.6 Å². The first kappa shape index (κ1) is 24.7. The van der Waals surface area contributed by atoms with Gasteiger partial charge in [-0.05, 0) is 32.3 Å². The largest absolute Gasteiger partial charge is 0.458 e. The maximum atomic E-state index is 13.0. The predicted molar refractivity (Wildman–Crippen MR) is 118 cm³/mol. The van der Waals surface area contributed by atoms with Crippen LogP contribution in [0.2, 0.25) is 0 Å². The first-order chi connectivity index (χ1) is 15.7. The maximum absolute atomic E-state index is 13.0. The van der Waals surface area contributed by atoms with Crippen molar-refractivity contribution in [1.29, 1.82) is 0 Å². The van der Waals surface area contributed by atoms with E-state index in [4.69, 9.17) is 14.2 Å². The maximum Gasteiger partial charge on any atom is 0.337 e. The van der Waals surface area contributed by atoms with Crippen molar-refractivity contribution in [3.05, 3.63) is 59.3 Å². The summed E-state index contributed by atoms with van der Waals surface area (Å²) in [7, 11) is 0. The van der Waals surface area contributed by atoms with Crippen molar-refractivity contribution < 1.29 is 38.8 Å². The molecule has 2 N–H and O–H groups in total. The molecule has 33 heavy (non-hydrogen) atoms. The highest BCUT2D eigenvalue weighted by Crippen LogP contribution is 2.51. The van der Waals surface area contributed by atoms with Gasteiger partial charge in [-0.2, -0.15) is 0 Å². The molecular formula is C25H30O8. The van der Waals surface area contributed by atoms with E-state index in [0.29, 0.717) is 6.42 Å². The molecule has 1 aliphatic heterocycles. The molecule has 8 nitrogen and oxygen atoms in total. The lowest BCUT2D eigenvalue weighted by Crippen LogP contribution is -2.36. The number of fused-ring (bicyclic) bond motifs is 3. The highest BCUT2D eigenvalue weighted by atomic mass is 16.6. The van der Waals surface area contributed by atoms with Crippen molar-refractivity contribution in [2.24, 2.45) is 17.8 Å². The summed E-state index contributed by atoms with van der Waals surface area (Å²) in [6.07, 6.45) is 4.60. The van der Waals surface area contributed by atoms with Crippen molar-refractivity contribution in [3.63, 3.8) is 0 Å². The van der Waals surface area contributed by atoms with Gasteiger partial charge in [0.15, 0.2) is 0 Å². The van der Waals surface area contributed by atoms with Crippen LogP contribution >= 0.6 is 0 Å². The summed E-state index contributed by atoms with van der Waals surface area (Å²) in [4.78, 5) is 37.4. The number of aliphatic hydroxyl groups excluding tert-OH is 2. The molecule has 5 unspecified atom stereocenters. The highest BCUT2D eigenvalue weighted by molar-refractivity contribution is 5.93. The third kappa shape index (κ3) is 4.86. The Balaban J connectivity index is 1.80. The van der Waals surface area contributed by atoms with E-state index in [-0.39, 0.29) is 28.6 Å². The molecule has 8 heteroatoms. The summed E-state index contributed by atoms with van der Waals surface area (Å²) < 4.78 is 16.5. The molecule has 2 aliphatic carbocycles. The van der Waals surface area contributed by atoms with Gasteiger partial charge in [0, 0.05) is 17.9 Å². The lowest BCUT2D eigenvalue weighted by atomic mass is 9.80. The van der Waals surface area contributed by atoms with Gasteiger partial charge in [0.2, 0.25) is 0 Å². The van der Waals surface area contributed by atoms with Gasteiger partial charge in [0.25, 0.3) is 0 Å². The Hall–Kier alpha value is -2.97. The van der Waals surface area contributed by atoms with Crippen LogP contribution in [0.3, 0.4) is 0 Å². The van der Waals surface area contributed by atoms with Crippen LogP contribution in [-0.4, -0.2) is 60.1 Å². The predicted octanol–water partition coefficient (Wildman–Crippen LogP) is 1.94. The van der Waals surface area contributed by atoms with E-state index in [1.807, 2.05) is 6.92 Å². The van der Waals surface area contributed by atoms with Crippen LogP contribution in [0.1, 0.15) is 26.7 Å². The molecule has 0 radical (unpaired) electrons. The van der Waals surface area contributed by atoms with Crippen LogP contribution in [0.15, 0.2) is 59.3 Å². The van der Waals surface area contributed by atoms with Crippen LogP contribution in [0.25, 0.3) is 0 Å². The summed E-state index contributed by atoms with van der Waals surface area (Å²) in [5, 5.41) is 18.5.